The van der Waals surface area contributed by atoms with Crippen LogP contribution in [0.4, 0.5) is 5.69 Å². The molecule has 3 rings (SSSR count). The van der Waals surface area contributed by atoms with Crippen LogP contribution in [0.3, 0.4) is 0 Å². The summed E-state index contributed by atoms with van der Waals surface area (Å²) in [7, 11) is 0. The number of hydrogen-bond donors (Lipinski definition) is 1. The lowest BCUT2D eigenvalue weighted by Gasteiger charge is -2.09. The van der Waals surface area contributed by atoms with Crippen LogP contribution in [0.15, 0.2) is 54.6 Å². The van der Waals surface area contributed by atoms with E-state index < -0.39 is 0 Å². The molecule has 0 saturated heterocycles. The number of aryl methyl sites for hydroxylation is 3. The zero-order valence-electron chi connectivity index (χ0n) is 14.8. The van der Waals surface area contributed by atoms with Crippen molar-refractivity contribution in [1.82, 2.24) is 4.98 Å². The molecule has 0 aliphatic heterocycles. The highest BCUT2D eigenvalue weighted by Crippen LogP contribution is 2.24. The molecule has 0 unspecified atom stereocenters. The lowest BCUT2D eigenvalue weighted by molar-refractivity contribution is -0.111. The summed E-state index contributed by atoms with van der Waals surface area (Å²) in [6, 6.07) is 16.2. The van der Waals surface area contributed by atoms with E-state index in [1.165, 1.54) is 5.56 Å². The monoisotopic (exact) mass is 330 g/mol. The van der Waals surface area contributed by atoms with Crippen molar-refractivity contribution in [3.63, 3.8) is 0 Å². The molecular weight excluding hydrogens is 308 g/mol. The number of rotatable bonds is 4. The Morgan fingerprint density at radius 2 is 1.84 bits per heavy atom. The Labute approximate surface area is 148 Å². The first kappa shape index (κ1) is 16.9. The first-order chi connectivity index (χ1) is 12.0. The fraction of sp³-hybridized carbons (Fsp3) is 0.182. The summed E-state index contributed by atoms with van der Waals surface area (Å²) < 4.78 is 0. The third-order valence-corrected chi connectivity index (χ3v) is 4.17. The largest absolute Gasteiger partial charge is 0.322 e. The standard InChI is InChI=1S/C22H22N2O/c1-4-17-6-8-18(9-7-17)10-12-22(25)24-21-14-16(3)23-20-11-5-15(2)13-19(20)21/h5-14H,4H2,1-3H3,(H,23,24,25)/b12-10+. The summed E-state index contributed by atoms with van der Waals surface area (Å²) in [5.41, 5.74) is 6.00. The number of benzene rings is 2. The second-order valence-corrected chi connectivity index (χ2v) is 6.25. The number of amides is 1. The fourth-order valence-electron chi connectivity index (χ4n) is 2.79. The van der Waals surface area contributed by atoms with E-state index in [1.54, 1.807) is 6.08 Å². The van der Waals surface area contributed by atoms with Crippen LogP contribution in [0, 0.1) is 13.8 Å². The average molecular weight is 330 g/mol. The molecule has 0 aliphatic carbocycles. The number of carbonyl (C=O) groups excluding carboxylic acids is 1. The van der Waals surface area contributed by atoms with E-state index in [2.05, 4.69) is 29.4 Å². The van der Waals surface area contributed by atoms with E-state index in [0.29, 0.717) is 0 Å². The Balaban J connectivity index is 1.81. The predicted molar refractivity (Wildman–Crippen MR) is 105 cm³/mol. The number of carbonyl (C=O) groups is 1. The zero-order chi connectivity index (χ0) is 17.8. The molecule has 3 heteroatoms. The summed E-state index contributed by atoms with van der Waals surface area (Å²) in [4.78, 5) is 16.9. The van der Waals surface area contributed by atoms with Gasteiger partial charge in [-0.2, -0.15) is 0 Å². The number of nitrogens with zero attached hydrogens (tertiary/aromatic N) is 1. The van der Waals surface area contributed by atoms with Crippen LogP contribution in [0.2, 0.25) is 0 Å². The van der Waals surface area contributed by atoms with Gasteiger partial charge in [0.1, 0.15) is 0 Å². The summed E-state index contributed by atoms with van der Waals surface area (Å²) in [5, 5.41) is 3.94. The van der Waals surface area contributed by atoms with Crippen molar-refractivity contribution in [3.05, 3.63) is 77.0 Å². The summed E-state index contributed by atoms with van der Waals surface area (Å²) in [6.45, 7) is 6.09. The van der Waals surface area contributed by atoms with Crippen LogP contribution in [0.25, 0.3) is 17.0 Å². The molecule has 1 heterocycles. The van der Waals surface area contributed by atoms with Crippen LogP contribution in [0.1, 0.15) is 29.3 Å². The van der Waals surface area contributed by atoms with Gasteiger partial charge in [0.25, 0.3) is 0 Å². The molecule has 0 radical (unpaired) electrons. The van der Waals surface area contributed by atoms with E-state index in [0.717, 1.165) is 39.8 Å². The highest BCUT2D eigenvalue weighted by atomic mass is 16.1. The third kappa shape index (κ3) is 4.13. The summed E-state index contributed by atoms with van der Waals surface area (Å²) in [6.07, 6.45) is 4.41. The van der Waals surface area contributed by atoms with Gasteiger partial charge in [-0.05, 0) is 55.7 Å². The van der Waals surface area contributed by atoms with Crippen LogP contribution < -0.4 is 5.32 Å². The average Bonchev–Trinajstić information content (AvgIpc) is 2.61. The van der Waals surface area contributed by atoms with Gasteiger partial charge in [-0.1, -0.05) is 42.8 Å². The molecule has 3 aromatic rings. The Hall–Kier alpha value is -2.94. The van der Waals surface area contributed by atoms with Gasteiger partial charge >= 0.3 is 0 Å². The molecule has 0 aliphatic rings. The Kier molecular flexibility index (Phi) is 4.94. The molecule has 0 bridgehead atoms. The molecule has 2 aromatic carbocycles. The molecular formula is C22H22N2O. The maximum Gasteiger partial charge on any atom is 0.248 e. The number of nitrogens with one attached hydrogen (secondary N) is 1. The van der Waals surface area contributed by atoms with Gasteiger partial charge < -0.3 is 5.32 Å². The third-order valence-electron chi connectivity index (χ3n) is 4.17. The summed E-state index contributed by atoms with van der Waals surface area (Å²) >= 11 is 0. The van der Waals surface area contributed by atoms with E-state index in [1.807, 2.05) is 56.3 Å². The molecule has 25 heavy (non-hydrogen) atoms. The van der Waals surface area contributed by atoms with Crippen molar-refractivity contribution in [2.24, 2.45) is 0 Å². The quantitative estimate of drug-likeness (QED) is 0.679. The second-order valence-electron chi connectivity index (χ2n) is 6.25. The minimum atomic E-state index is -0.145. The molecule has 0 fully saturated rings. The Bertz CT molecular complexity index is 940. The maximum absolute atomic E-state index is 12.3. The van der Waals surface area contributed by atoms with Crippen LogP contribution in [-0.2, 0) is 11.2 Å². The first-order valence-electron chi connectivity index (χ1n) is 8.51. The fourth-order valence-corrected chi connectivity index (χ4v) is 2.79. The highest BCUT2D eigenvalue weighted by Gasteiger charge is 2.06. The molecule has 1 amide bonds. The highest BCUT2D eigenvalue weighted by molar-refractivity contribution is 6.07. The molecule has 126 valence electrons. The molecule has 1 N–H and O–H groups in total. The number of fused-ring (bicyclic) bond motifs is 1. The molecule has 0 spiro atoms. The minimum Gasteiger partial charge on any atom is -0.322 e. The molecule has 1 aromatic heterocycles. The lowest BCUT2D eigenvalue weighted by atomic mass is 10.1. The van der Waals surface area contributed by atoms with Crippen LogP contribution in [0.5, 0.6) is 0 Å². The maximum atomic E-state index is 12.3. The normalized spacial score (nSPS) is 11.2. The van der Waals surface area contributed by atoms with Gasteiger partial charge in [0, 0.05) is 17.2 Å². The van der Waals surface area contributed by atoms with E-state index in [-0.39, 0.29) is 5.91 Å². The lowest BCUT2D eigenvalue weighted by Crippen LogP contribution is -2.09. The number of aromatic nitrogens is 1. The number of pyridine rings is 1. The van der Waals surface area contributed by atoms with Crippen molar-refractivity contribution in [2.75, 3.05) is 5.32 Å². The van der Waals surface area contributed by atoms with Crippen LogP contribution in [-0.4, -0.2) is 10.9 Å². The van der Waals surface area contributed by atoms with Gasteiger partial charge in [-0.25, -0.2) is 0 Å². The van der Waals surface area contributed by atoms with Gasteiger partial charge in [-0.3, -0.25) is 9.78 Å². The number of anilines is 1. The van der Waals surface area contributed by atoms with Gasteiger partial charge in [0.05, 0.1) is 11.2 Å². The number of hydrogen-bond acceptors (Lipinski definition) is 2. The Morgan fingerprint density at radius 3 is 2.56 bits per heavy atom. The molecule has 3 nitrogen and oxygen atoms in total. The topological polar surface area (TPSA) is 42.0 Å². The van der Waals surface area contributed by atoms with E-state index in [4.69, 9.17) is 0 Å². The van der Waals surface area contributed by atoms with Crippen molar-refractivity contribution in [3.8, 4) is 0 Å². The summed E-state index contributed by atoms with van der Waals surface area (Å²) in [5.74, 6) is -0.145. The van der Waals surface area contributed by atoms with Crippen molar-refractivity contribution in [2.45, 2.75) is 27.2 Å². The van der Waals surface area contributed by atoms with Crippen LogP contribution >= 0.6 is 0 Å². The van der Waals surface area contributed by atoms with Crippen molar-refractivity contribution in [1.29, 1.82) is 0 Å². The van der Waals surface area contributed by atoms with Gasteiger partial charge in [-0.15, -0.1) is 0 Å². The predicted octanol–water partition coefficient (Wildman–Crippen LogP) is 5.07. The first-order valence-corrected chi connectivity index (χ1v) is 8.51. The molecule has 0 atom stereocenters. The van der Waals surface area contributed by atoms with Gasteiger partial charge in [0.15, 0.2) is 0 Å². The van der Waals surface area contributed by atoms with E-state index >= 15 is 0 Å². The van der Waals surface area contributed by atoms with E-state index in [9.17, 15) is 4.79 Å². The zero-order valence-corrected chi connectivity index (χ0v) is 14.8. The SMILES string of the molecule is CCc1ccc(/C=C/C(=O)Nc2cc(C)nc3ccc(C)cc23)cc1. The van der Waals surface area contributed by atoms with Crippen molar-refractivity contribution < 1.29 is 4.79 Å². The molecule has 0 saturated carbocycles. The Morgan fingerprint density at radius 1 is 1.08 bits per heavy atom. The van der Waals surface area contributed by atoms with Crippen molar-refractivity contribution >= 4 is 28.6 Å². The second kappa shape index (κ2) is 7.31. The van der Waals surface area contributed by atoms with Gasteiger partial charge in [0.2, 0.25) is 5.91 Å². The minimum absolute atomic E-state index is 0.145. The smallest absolute Gasteiger partial charge is 0.248 e.